The monoisotopic (exact) mass is 272 g/mol. The van der Waals surface area contributed by atoms with Crippen molar-refractivity contribution in [3.8, 4) is 11.1 Å². The lowest BCUT2D eigenvalue weighted by Crippen LogP contribution is -2.04. The summed E-state index contributed by atoms with van der Waals surface area (Å²) in [6.45, 7) is 0. The van der Waals surface area contributed by atoms with Crippen molar-refractivity contribution in [3.63, 3.8) is 0 Å². The molecule has 6 heteroatoms. The second-order valence-corrected chi connectivity index (χ2v) is 4.06. The van der Waals surface area contributed by atoms with Crippen molar-refractivity contribution in [1.29, 1.82) is 0 Å². The van der Waals surface area contributed by atoms with E-state index in [2.05, 4.69) is 4.98 Å². The number of nitrogens with zero attached hydrogens (tertiary/aromatic N) is 1. The number of benzene rings is 1. The van der Waals surface area contributed by atoms with E-state index < -0.39 is 11.7 Å². The van der Waals surface area contributed by atoms with Crippen molar-refractivity contribution >= 4 is 17.3 Å². The molecular weight excluding hydrogens is 265 g/mol. The summed E-state index contributed by atoms with van der Waals surface area (Å²) in [7, 11) is 0. The normalized spacial score (nSPS) is 11.6. The first kappa shape index (κ1) is 12.7. The van der Waals surface area contributed by atoms with Gasteiger partial charge in [0.25, 0.3) is 0 Å². The summed E-state index contributed by atoms with van der Waals surface area (Å²) < 4.78 is 37.2. The van der Waals surface area contributed by atoms with Gasteiger partial charge in [0.2, 0.25) is 0 Å². The molecule has 0 aliphatic rings. The Morgan fingerprint density at radius 2 is 1.67 bits per heavy atom. The highest BCUT2D eigenvalue weighted by molar-refractivity contribution is 6.33. The number of nitrogen functional groups attached to an aromatic ring is 1. The SMILES string of the molecule is Nc1c(Cl)cncc1-c1ccc(C(F)(F)F)cc1. The third-order valence-electron chi connectivity index (χ3n) is 2.46. The molecule has 1 aromatic carbocycles. The van der Waals surface area contributed by atoms with Crippen LogP contribution in [0.1, 0.15) is 5.56 Å². The van der Waals surface area contributed by atoms with Gasteiger partial charge in [-0.2, -0.15) is 13.2 Å². The van der Waals surface area contributed by atoms with Crippen LogP contribution in [0.3, 0.4) is 0 Å². The van der Waals surface area contributed by atoms with Crippen molar-refractivity contribution in [3.05, 3.63) is 47.2 Å². The van der Waals surface area contributed by atoms with Crippen LogP contribution in [0, 0.1) is 0 Å². The quantitative estimate of drug-likeness (QED) is 0.852. The molecule has 0 saturated carbocycles. The number of rotatable bonds is 1. The zero-order valence-corrected chi connectivity index (χ0v) is 9.76. The van der Waals surface area contributed by atoms with Gasteiger partial charge in [0.15, 0.2) is 0 Å². The summed E-state index contributed by atoms with van der Waals surface area (Å²) in [4.78, 5) is 3.86. The third-order valence-corrected chi connectivity index (χ3v) is 2.76. The van der Waals surface area contributed by atoms with Gasteiger partial charge in [0.1, 0.15) is 0 Å². The van der Waals surface area contributed by atoms with Gasteiger partial charge in [0.05, 0.1) is 16.3 Å². The van der Waals surface area contributed by atoms with Gasteiger partial charge in [-0.05, 0) is 17.7 Å². The van der Waals surface area contributed by atoms with Crippen molar-refractivity contribution in [2.45, 2.75) is 6.18 Å². The molecule has 0 amide bonds. The lowest BCUT2D eigenvalue weighted by Gasteiger charge is -2.09. The highest BCUT2D eigenvalue weighted by Crippen LogP contribution is 2.33. The number of pyridine rings is 1. The van der Waals surface area contributed by atoms with Gasteiger partial charge in [-0.1, -0.05) is 23.7 Å². The summed E-state index contributed by atoms with van der Waals surface area (Å²) in [5.41, 5.74) is 6.38. The van der Waals surface area contributed by atoms with E-state index >= 15 is 0 Å². The lowest BCUT2D eigenvalue weighted by atomic mass is 10.0. The van der Waals surface area contributed by atoms with E-state index in [-0.39, 0.29) is 5.02 Å². The van der Waals surface area contributed by atoms with Crippen molar-refractivity contribution in [1.82, 2.24) is 4.98 Å². The second kappa shape index (κ2) is 4.49. The van der Waals surface area contributed by atoms with Crippen LogP contribution in [0.15, 0.2) is 36.7 Å². The molecule has 0 fully saturated rings. The predicted octanol–water partition coefficient (Wildman–Crippen LogP) is 4.00. The molecule has 18 heavy (non-hydrogen) atoms. The van der Waals surface area contributed by atoms with Gasteiger partial charge < -0.3 is 5.73 Å². The largest absolute Gasteiger partial charge is 0.416 e. The second-order valence-electron chi connectivity index (χ2n) is 3.66. The smallest absolute Gasteiger partial charge is 0.397 e. The van der Waals surface area contributed by atoms with Crippen LogP contribution >= 0.6 is 11.6 Å². The van der Waals surface area contributed by atoms with Crippen LogP contribution in [0.5, 0.6) is 0 Å². The molecule has 1 aromatic heterocycles. The van der Waals surface area contributed by atoms with Crippen LogP contribution in [-0.2, 0) is 6.18 Å². The van der Waals surface area contributed by atoms with Gasteiger partial charge in [-0.15, -0.1) is 0 Å². The number of aromatic nitrogens is 1. The molecule has 94 valence electrons. The summed E-state index contributed by atoms with van der Waals surface area (Å²) in [5, 5.41) is 0.271. The summed E-state index contributed by atoms with van der Waals surface area (Å²) in [6.07, 6.45) is -1.51. The molecule has 2 nitrogen and oxygen atoms in total. The third kappa shape index (κ3) is 2.41. The number of hydrogen-bond acceptors (Lipinski definition) is 2. The number of anilines is 1. The Balaban J connectivity index is 2.44. The van der Waals surface area contributed by atoms with Crippen LogP contribution in [-0.4, -0.2) is 4.98 Å². The molecular formula is C12H8ClF3N2. The Hall–Kier alpha value is -1.75. The first-order valence-electron chi connectivity index (χ1n) is 4.96. The maximum Gasteiger partial charge on any atom is 0.416 e. The molecule has 0 aliphatic carbocycles. The molecule has 1 heterocycles. The van der Waals surface area contributed by atoms with Crippen LogP contribution in [0.2, 0.25) is 5.02 Å². The summed E-state index contributed by atoms with van der Waals surface area (Å²) >= 11 is 5.80. The molecule has 0 radical (unpaired) electrons. The maximum atomic E-state index is 12.4. The molecule has 0 saturated heterocycles. The number of halogens is 4. The Morgan fingerprint density at radius 3 is 2.22 bits per heavy atom. The van der Waals surface area contributed by atoms with Crippen LogP contribution in [0.4, 0.5) is 18.9 Å². The van der Waals surface area contributed by atoms with E-state index in [1.165, 1.54) is 24.5 Å². The Morgan fingerprint density at radius 1 is 1.06 bits per heavy atom. The molecule has 0 unspecified atom stereocenters. The fourth-order valence-corrected chi connectivity index (χ4v) is 1.67. The zero-order valence-electron chi connectivity index (χ0n) is 9.00. The van der Waals surface area contributed by atoms with Crippen LogP contribution < -0.4 is 5.73 Å². The number of hydrogen-bond donors (Lipinski definition) is 1. The molecule has 2 rings (SSSR count). The maximum absolute atomic E-state index is 12.4. The molecule has 0 bridgehead atoms. The van der Waals surface area contributed by atoms with E-state index in [4.69, 9.17) is 17.3 Å². The first-order chi connectivity index (χ1) is 8.39. The average Bonchev–Trinajstić information content (AvgIpc) is 2.32. The minimum Gasteiger partial charge on any atom is -0.397 e. The standard InChI is InChI=1S/C12H8ClF3N2/c13-10-6-18-5-9(11(10)17)7-1-3-8(4-2-7)12(14,15)16/h1-6H,(H2,17,18). The first-order valence-corrected chi connectivity index (χ1v) is 5.34. The average molecular weight is 273 g/mol. The van der Waals surface area contributed by atoms with E-state index in [0.717, 1.165) is 12.1 Å². The Labute approximate surface area is 106 Å². The van der Waals surface area contributed by atoms with Crippen LogP contribution in [0.25, 0.3) is 11.1 Å². The highest BCUT2D eigenvalue weighted by Gasteiger charge is 2.30. The van der Waals surface area contributed by atoms with Crippen molar-refractivity contribution in [2.75, 3.05) is 5.73 Å². The van der Waals surface area contributed by atoms with E-state index in [1.54, 1.807) is 0 Å². The van der Waals surface area contributed by atoms with Gasteiger partial charge in [-0.25, -0.2) is 0 Å². The molecule has 0 atom stereocenters. The topological polar surface area (TPSA) is 38.9 Å². The van der Waals surface area contributed by atoms with Gasteiger partial charge in [0, 0.05) is 18.0 Å². The Bertz CT molecular complexity index is 565. The summed E-state index contributed by atoms with van der Waals surface area (Å²) in [5.74, 6) is 0. The molecule has 2 N–H and O–H groups in total. The van der Waals surface area contributed by atoms with Crippen molar-refractivity contribution < 1.29 is 13.2 Å². The van der Waals surface area contributed by atoms with E-state index in [9.17, 15) is 13.2 Å². The molecule has 0 aliphatic heterocycles. The Kier molecular flexibility index (Phi) is 3.17. The van der Waals surface area contributed by atoms with Crippen molar-refractivity contribution in [2.24, 2.45) is 0 Å². The summed E-state index contributed by atoms with van der Waals surface area (Å²) in [6, 6.07) is 4.67. The highest BCUT2D eigenvalue weighted by atomic mass is 35.5. The zero-order chi connectivity index (χ0) is 13.3. The minimum atomic E-state index is -4.35. The lowest BCUT2D eigenvalue weighted by molar-refractivity contribution is -0.137. The fourth-order valence-electron chi connectivity index (χ4n) is 1.51. The van der Waals surface area contributed by atoms with Gasteiger partial charge in [-0.3, -0.25) is 4.98 Å². The molecule has 0 spiro atoms. The van der Waals surface area contributed by atoms with E-state index in [0.29, 0.717) is 16.8 Å². The fraction of sp³-hybridized carbons (Fsp3) is 0.0833. The number of nitrogens with two attached hydrogens (primary N) is 1. The predicted molar refractivity (Wildman–Crippen MR) is 64.1 cm³/mol. The minimum absolute atomic E-state index is 0.271. The van der Waals surface area contributed by atoms with Gasteiger partial charge >= 0.3 is 6.18 Å². The van der Waals surface area contributed by atoms with E-state index in [1.807, 2.05) is 0 Å². The number of alkyl halides is 3. The molecule has 2 aromatic rings.